The lowest BCUT2D eigenvalue weighted by Crippen LogP contribution is -2.00. The van der Waals surface area contributed by atoms with Crippen molar-refractivity contribution in [2.75, 3.05) is 0 Å². The quantitative estimate of drug-likeness (QED) is 0.646. The lowest BCUT2D eigenvalue weighted by Gasteiger charge is -2.10. The maximum atomic E-state index is 10.5. The minimum atomic E-state index is -0.815. The van der Waals surface area contributed by atoms with E-state index in [-0.39, 0.29) is 5.69 Å². The van der Waals surface area contributed by atoms with Crippen LogP contribution in [-0.4, -0.2) is 15.0 Å². The molecule has 2 rings (SSSR count). The minimum absolute atomic E-state index is 0.00661. The van der Waals surface area contributed by atoms with Gasteiger partial charge in [0.05, 0.1) is 4.92 Å². The highest BCUT2D eigenvalue weighted by Gasteiger charge is 2.12. The number of nitro benzene ring substituents is 1. The second-order valence-electron chi connectivity index (χ2n) is 3.54. The van der Waals surface area contributed by atoms with E-state index in [1.807, 2.05) is 0 Å². The number of hydrogen-bond donors (Lipinski definition) is 1. The Bertz CT molecular complexity index is 511. The average Bonchev–Trinajstić information content (AvgIpc) is 2.39. The molecule has 0 spiro atoms. The monoisotopic (exact) mass is 230 g/mol. The van der Waals surface area contributed by atoms with Crippen molar-refractivity contribution >= 4 is 5.69 Å². The predicted octanol–water partition coefficient (Wildman–Crippen LogP) is 2.07. The molecule has 0 aliphatic carbocycles. The van der Waals surface area contributed by atoms with Crippen molar-refractivity contribution in [3.63, 3.8) is 0 Å². The topological polar surface area (TPSA) is 76.3 Å². The molecule has 5 nitrogen and oxygen atoms in total. The predicted molar refractivity (Wildman–Crippen MR) is 61.4 cm³/mol. The van der Waals surface area contributed by atoms with Gasteiger partial charge in [-0.3, -0.25) is 15.1 Å². The van der Waals surface area contributed by atoms with E-state index >= 15 is 0 Å². The summed E-state index contributed by atoms with van der Waals surface area (Å²) in [6.07, 6.45) is 2.36. The smallest absolute Gasteiger partial charge is 0.269 e. The van der Waals surface area contributed by atoms with Crippen LogP contribution in [0.4, 0.5) is 5.69 Å². The molecule has 0 radical (unpaired) electrons. The SMILES string of the molecule is O=[N+]([O-])c1ccc([C@H](O)c2cccnc2)cc1. The number of pyridine rings is 1. The number of hydrogen-bond acceptors (Lipinski definition) is 4. The van der Waals surface area contributed by atoms with Crippen LogP contribution in [0.25, 0.3) is 0 Å². The summed E-state index contributed by atoms with van der Waals surface area (Å²) in [6, 6.07) is 9.29. The largest absolute Gasteiger partial charge is 0.384 e. The van der Waals surface area contributed by atoms with E-state index in [1.165, 1.54) is 24.3 Å². The molecule has 5 heteroatoms. The maximum Gasteiger partial charge on any atom is 0.269 e. The summed E-state index contributed by atoms with van der Waals surface area (Å²) in [7, 11) is 0. The number of nitrogens with zero attached hydrogens (tertiary/aromatic N) is 2. The molecule has 0 amide bonds. The molecule has 0 aliphatic heterocycles. The molecule has 0 aliphatic rings. The first kappa shape index (κ1) is 11.2. The van der Waals surface area contributed by atoms with Gasteiger partial charge < -0.3 is 5.11 Å². The Morgan fingerprint density at radius 3 is 2.41 bits per heavy atom. The summed E-state index contributed by atoms with van der Waals surface area (Å²) in [6.45, 7) is 0. The van der Waals surface area contributed by atoms with Crippen molar-refractivity contribution in [2.24, 2.45) is 0 Å². The molecule has 17 heavy (non-hydrogen) atoms. The Labute approximate surface area is 97.5 Å². The van der Waals surface area contributed by atoms with Gasteiger partial charge in [-0.05, 0) is 23.8 Å². The fourth-order valence-electron chi connectivity index (χ4n) is 1.51. The standard InChI is InChI=1S/C12H10N2O3/c15-12(10-2-1-7-13-8-10)9-3-5-11(6-4-9)14(16)17/h1-8,12,15H/t12-/m0/s1. The van der Waals surface area contributed by atoms with Gasteiger partial charge in [-0.25, -0.2) is 0 Å². The van der Waals surface area contributed by atoms with Crippen molar-refractivity contribution < 1.29 is 10.0 Å². The van der Waals surface area contributed by atoms with Crippen molar-refractivity contribution in [1.82, 2.24) is 4.98 Å². The Hall–Kier alpha value is -2.27. The molecular weight excluding hydrogens is 220 g/mol. The number of aliphatic hydroxyl groups excluding tert-OH is 1. The zero-order valence-corrected chi connectivity index (χ0v) is 8.85. The Morgan fingerprint density at radius 1 is 1.18 bits per heavy atom. The van der Waals surface area contributed by atoms with E-state index in [0.717, 1.165) is 0 Å². The molecule has 1 atom stereocenters. The molecule has 0 bridgehead atoms. The van der Waals surface area contributed by atoms with Gasteiger partial charge in [0.2, 0.25) is 0 Å². The summed E-state index contributed by atoms with van der Waals surface area (Å²) < 4.78 is 0. The lowest BCUT2D eigenvalue weighted by atomic mass is 10.0. The van der Waals surface area contributed by atoms with Crippen molar-refractivity contribution in [1.29, 1.82) is 0 Å². The van der Waals surface area contributed by atoms with Crippen LogP contribution in [0.5, 0.6) is 0 Å². The minimum Gasteiger partial charge on any atom is -0.384 e. The highest BCUT2D eigenvalue weighted by Crippen LogP contribution is 2.22. The molecular formula is C12H10N2O3. The van der Waals surface area contributed by atoms with Crippen molar-refractivity contribution in [3.8, 4) is 0 Å². The molecule has 1 heterocycles. The second kappa shape index (κ2) is 4.71. The average molecular weight is 230 g/mol. The van der Waals surface area contributed by atoms with Crippen LogP contribution in [0.15, 0.2) is 48.8 Å². The summed E-state index contributed by atoms with van der Waals surface area (Å²) in [5, 5.41) is 20.5. The number of nitro groups is 1. The lowest BCUT2D eigenvalue weighted by molar-refractivity contribution is -0.384. The van der Waals surface area contributed by atoms with E-state index in [0.29, 0.717) is 11.1 Å². The fraction of sp³-hybridized carbons (Fsp3) is 0.0833. The van der Waals surface area contributed by atoms with Crippen LogP contribution in [0.2, 0.25) is 0 Å². The zero-order valence-electron chi connectivity index (χ0n) is 8.85. The van der Waals surface area contributed by atoms with Gasteiger partial charge >= 0.3 is 0 Å². The number of non-ortho nitro benzene ring substituents is 1. The van der Waals surface area contributed by atoms with Crippen molar-refractivity contribution in [2.45, 2.75) is 6.10 Å². The van der Waals surface area contributed by atoms with Gasteiger partial charge in [0.15, 0.2) is 0 Å². The van der Waals surface area contributed by atoms with Gasteiger partial charge in [-0.15, -0.1) is 0 Å². The molecule has 2 aromatic rings. The highest BCUT2D eigenvalue weighted by atomic mass is 16.6. The van der Waals surface area contributed by atoms with Crippen LogP contribution in [0.3, 0.4) is 0 Å². The third kappa shape index (κ3) is 2.46. The van der Waals surface area contributed by atoms with Crippen LogP contribution >= 0.6 is 0 Å². The van der Waals surface area contributed by atoms with Gasteiger partial charge in [0.25, 0.3) is 5.69 Å². The molecule has 1 N–H and O–H groups in total. The van der Waals surface area contributed by atoms with Crippen molar-refractivity contribution in [3.05, 3.63) is 70.0 Å². The fourth-order valence-corrected chi connectivity index (χ4v) is 1.51. The molecule has 86 valence electrons. The third-order valence-corrected chi connectivity index (χ3v) is 2.42. The Balaban J connectivity index is 2.26. The van der Waals surface area contributed by atoms with E-state index < -0.39 is 11.0 Å². The molecule has 1 aromatic carbocycles. The molecule has 1 aromatic heterocycles. The first-order valence-corrected chi connectivity index (χ1v) is 5.01. The summed E-state index contributed by atoms with van der Waals surface area (Å²) in [4.78, 5) is 13.9. The highest BCUT2D eigenvalue weighted by molar-refractivity contribution is 5.36. The van der Waals surface area contributed by atoms with Crippen LogP contribution in [0.1, 0.15) is 17.2 Å². The van der Waals surface area contributed by atoms with Gasteiger partial charge in [0.1, 0.15) is 6.10 Å². The summed E-state index contributed by atoms with van der Waals surface area (Å²) in [5.41, 5.74) is 1.26. The summed E-state index contributed by atoms with van der Waals surface area (Å²) >= 11 is 0. The van der Waals surface area contributed by atoms with Gasteiger partial charge in [-0.1, -0.05) is 6.07 Å². The number of benzene rings is 1. The number of aromatic nitrogens is 1. The number of aliphatic hydroxyl groups is 1. The Morgan fingerprint density at radius 2 is 1.88 bits per heavy atom. The van der Waals surface area contributed by atoms with E-state index in [9.17, 15) is 15.2 Å². The third-order valence-electron chi connectivity index (χ3n) is 2.42. The van der Waals surface area contributed by atoms with Crippen LogP contribution in [-0.2, 0) is 0 Å². The summed E-state index contributed by atoms with van der Waals surface area (Å²) in [5.74, 6) is 0. The zero-order chi connectivity index (χ0) is 12.3. The van der Waals surface area contributed by atoms with Gasteiger partial charge in [-0.2, -0.15) is 0 Å². The first-order valence-electron chi connectivity index (χ1n) is 5.01. The van der Waals surface area contributed by atoms with Crippen LogP contribution in [0, 0.1) is 10.1 Å². The molecule has 0 fully saturated rings. The second-order valence-corrected chi connectivity index (χ2v) is 3.54. The van der Waals surface area contributed by atoms with Crippen LogP contribution < -0.4 is 0 Å². The normalized spacial score (nSPS) is 12.1. The molecule has 0 saturated heterocycles. The molecule has 0 saturated carbocycles. The van der Waals surface area contributed by atoms with E-state index in [1.54, 1.807) is 24.5 Å². The molecule has 0 unspecified atom stereocenters. The Kier molecular flexibility index (Phi) is 3.11. The van der Waals surface area contributed by atoms with Gasteiger partial charge in [0, 0.05) is 30.1 Å². The number of rotatable bonds is 3. The first-order chi connectivity index (χ1) is 8.18. The maximum absolute atomic E-state index is 10.5. The van der Waals surface area contributed by atoms with E-state index in [4.69, 9.17) is 0 Å². The van der Waals surface area contributed by atoms with E-state index in [2.05, 4.69) is 4.98 Å².